The molecule has 11 nitrogen and oxygen atoms in total. The highest BCUT2D eigenvalue weighted by molar-refractivity contribution is 6.36. The molecule has 0 unspecified atom stereocenters. The van der Waals surface area contributed by atoms with E-state index in [1.54, 1.807) is 56.3 Å². The van der Waals surface area contributed by atoms with E-state index in [2.05, 4.69) is 21.2 Å². The number of hydrazone groups is 1. The molecule has 3 aromatic rings. The molecule has 45 heavy (non-hydrogen) atoms. The summed E-state index contributed by atoms with van der Waals surface area (Å²) in [6, 6.07) is 14.1. The van der Waals surface area contributed by atoms with Crippen LogP contribution in [0, 0.1) is 0 Å². The Kier molecular flexibility index (Phi) is 11.8. The summed E-state index contributed by atoms with van der Waals surface area (Å²) in [6.07, 6.45) is 0.198. The first-order valence-corrected chi connectivity index (χ1v) is 14.8. The van der Waals surface area contributed by atoms with Gasteiger partial charge in [-0.25, -0.2) is 9.59 Å². The summed E-state index contributed by atoms with van der Waals surface area (Å²) in [5, 5.41) is 21.2. The fraction of sp³-hybridized carbons (Fsp3) is 0.258. The number of methoxy groups -OCH3 is 1. The number of hydrogen-bond donors (Lipinski definition) is 4. The molecule has 0 saturated heterocycles. The fourth-order valence-corrected chi connectivity index (χ4v) is 5.07. The fourth-order valence-electron chi connectivity index (χ4n) is 4.38. The van der Waals surface area contributed by atoms with Gasteiger partial charge in [0, 0.05) is 21.3 Å². The summed E-state index contributed by atoms with van der Waals surface area (Å²) in [5.41, 5.74) is 5.16. The summed E-state index contributed by atoms with van der Waals surface area (Å²) in [4.78, 5) is 24.6. The zero-order valence-electron chi connectivity index (χ0n) is 24.5. The number of nitrogens with zero attached hydrogens (tertiary/aromatic N) is 1. The molecule has 0 radical (unpaired) electrons. The van der Waals surface area contributed by atoms with Gasteiger partial charge in [0.25, 0.3) is 0 Å². The summed E-state index contributed by atoms with van der Waals surface area (Å²) in [7, 11) is 1.27. The Balaban J connectivity index is 1.42. The minimum atomic E-state index is -1.22. The Bertz CT molecular complexity index is 1600. The van der Waals surface area contributed by atoms with Crippen LogP contribution >= 0.6 is 34.8 Å². The highest BCUT2D eigenvalue weighted by Gasteiger charge is 2.32. The van der Waals surface area contributed by atoms with Gasteiger partial charge < -0.3 is 34.7 Å². The summed E-state index contributed by atoms with van der Waals surface area (Å²) < 4.78 is 22.4. The molecule has 0 saturated carbocycles. The molecule has 238 valence electrons. The Labute approximate surface area is 275 Å². The molecule has 0 bridgehead atoms. The van der Waals surface area contributed by atoms with Crippen LogP contribution in [0.5, 0.6) is 17.2 Å². The monoisotopic (exact) mass is 676 g/mol. The van der Waals surface area contributed by atoms with E-state index in [0.717, 1.165) is 5.56 Å². The number of ether oxygens (including phenoxy) is 4. The number of benzene rings is 3. The lowest BCUT2D eigenvalue weighted by Gasteiger charge is -2.28. The third-order valence-electron chi connectivity index (χ3n) is 6.43. The number of esters is 1. The van der Waals surface area contributed by atoms with Gasteiger partial charge in [0.15, 0.2) is 17.7 Å². The number of aliphatic hydroxyl groups excluding tert-OH is 1. The zero-order chi connectivity index (χ0) is 32.5. The Morgan fingerprint density at radius 2 is 1.80 bits per heavy atom. The summed E-state index contributed by atoms with van der Waals surface area (Å²) in [6.45, 7) is 3.75. The van der Waals surface area contributed by atoms with Gasteiger partial charge >= 0.3 is 12.0 Å². The molecular weight excluding hydrogens is 647 g/mol. The lowest BCUT2D eigenvalue weighted by molar-refractivity contribution is -0.136. The van der Waals surface area contributed by atoms with Gasteiger partial charge in [-0.3, -0.25) is 5.43 Å². The second-order valence-corrected chi connectivity index (χ2v) is 10.9. The molecule has 3 aromatic carbocycles. The molecule has 14 heteroatoms. The number of carbonyl (C=O) groups is 2. The van der Waals surface area contributed by atoms with Gasteiger partial charge in [-0.1, -0.05) is 53.0 Å². The van der Waals surface area contributed by atoms with E-state index in [1.165, 1.54) is 13.3 Å². The van der Waals surface area contributed by atoms with Crippen LogP contribution in [0.4, 0.5) is 4.79 Å². The van der Waals surface area contributed by atoms with Gasteiger partial charge in [-0.05, 0) is 61.4 Å². The van der Waals surface area contributed by atoms with Crippen LogP contribution in [-0.2, 0) is 16.1 Å². The summed E-state index contributed by atoms with van der Waals surface area (Å²) >= 11 is 18.5. The predicted molar refractivity (Wildman–Crippen MR) is 171 cm³/mol. The second kappa shape index (κ2) is 15.7. The molecule has 0 aliphatic carbocycles. The molecule has 1 aliphatic heterocycles. The van der Waals surface area contributed by atoms with Gasteiger partial charge in [0.1, 0.15) is 19.0 Å². The van der Waals surface area contributed by atoms with Crippen molar-refractivity contribution >= 4 is 53.0 Å². The number of carbonyl (C=O) groups excluding carboxylic acids is 2. The molecule has 0 fully saturated rings. The highest BCUT2D eigenvalue weighted by Crippen LogP contribution is 2.35. The van der Waals surface area contributed by atoms with Gasteiger partial charge in [-0.2, -0.15) is 5.10 Å². The van der Waals surface area contributed by atoms with Crippen LogP contribution < -0.4 is 30.3 Å². The predicted octanol–water partition coefficient (Wildman–Crippen LogP) is 5.75. The van der Waals surface area contributed by atoms with Crippen molar-refractivity contribution in [3.05, 3.63) is 97.6 Å². The number of halogens is 3. The Hall–Kier alpha value is -4.16. The van der Waals surface area contributed by atoms with Crippen LogP contribution in [0.3, 0.4) is 0 Å². The third-order valence-corrected chi connectivity index (χ3v) is 7.18. The van der Waals surface area contributed by atoms with Crippen LogP contribution in [0.15, 0.2) is 71.0 Å². The SMILES string of the molecule is CCOc1cc([C@H]2NC(=O)NC(C)=C2C(=O)OC)ccc1OC[C@@H](O)N/N=C/c1cc(Cl)cc(Cl)c1OCc1ccc(Cl)cc1. The third kappa shape index (κ3) is 8.95. The number of urea groups is 1. The van der Waals surface area contributed by atoms with Crippen molar-refractivity contribution in [1.29, 1.82) is 0 Å². The lowest BCUT2D eigenvalue weighted by atomic mass is 9.95. The molecule has 0 spiro atoms. The molecule has 1 aliphatic rings. The van der Waals surface area contributed by atoms with Crippen LogP contribution in [0.25, 0.3) is 0 Å². The molecule has 0 aromatic heterocycles. The van der Waals surface area contributed by atoms with E-state index < -0.39 is 24.3 Å². The van der Waals surface area contributed by atoms with Crippen LogP contribution in [0.2, 0.25) is 15.1 Å². The number of rotatable bonds is 13. The average Bonchev–Trinajstić information content (AvgIpc) is 3.00. The topological polar surface area (TPSA) is 140 Å². The van der Waals surface area contributed by atoms with E-state index in [1.807, 2.05) is 12.1 Å². The Morgan fingerprint density at radius 3 is 2.51 bits per heavy atom. The molecule has 1 heterocycles. The van der Waals surface area contributed by atoms with E-state index in [-0.39, 0.29) is 18.8 Å². The maximum absolute atomic E-state index is 12.5. The minimum absolute atomic E-state index is 0.205. The van der Waals surface area contributed by atoms with E-state index in [4.69, 9.17) is 53.8 Å². The highest BCUT2D eigenvalue weighted by atomic mass is 35.5. The maximum atomic E-state index is 12.5. The molecule has 2 amide bonds. The Morgan fingerprint density at radius 1 is 1.04 bits per heavy atom. The van der Waals surface area contributed by atoms with Crippen molar-refractivity contribution in [2.75, 3.05) is 20.3 Å². The molecule has 4 N–H and O–H groups in total. The smallest absolute Gasteiger partial charge is 0.337 e. The van der Waals surface area contributed by atoms with Gasteiger partial charge in [-0.15, -0.1) is 0 Å². The summed E-state index contributed by atoms with van der Waals surface area (Å²) in [5.74, 6) is 0.444. The van der Waals surface area contributed by atoms with Gasteiger partial charge in [0.2, 0.25) is 0 Å². The normalized spacial score (nSPS) is 15.3. The van der Waals surface area contributed by atoms with Crippen molar-refractivity contribution in [1.82, 2.24) is 16.1 Å². The van der Waals surface area contributed by atoms with Crippen molar-refractivity contribution in [3.63, 3.8) is 0 Å². The quantitative estimate of drug-likeness (QED) is 0.0777. The lowest BCUT2D eigenvalue weighted by Crippen LogP contribution is -2.45. The second-order valence-electron chi connectivity index (χ2n) is 9.64. The minimum Gasteiger partial charge on any atom is -0.490 e. The average molecular weight is 678 g/mol. The number of allylic oxidation sites excluding steroid dienone is 1. The van der Waals surface area contributed by atoms with Crippen molar-refractivity contribution in [2.24, 2.45) is 5.10 Å². The molecular formula is C31H31Cl3N4O7. The maximum Gasteiger partial charge on any atom is 0.337 e. The number of hydrogen-bond acceptors (Lipinski definition) is 9. The van der Waals surface area contributed by atoms with Gasteiger partial charge in [0.05, 0.1) is 36.6 Å². The first-order chi connectivity index (χ1) is 21.6. The van der Waals surface area contributed by atoms with E-state index in [9.17, 15) is 14.7 Å². The molecule has 2 atom stereocenters. The largest absolute Gasteiger partial charge is 0.490 e. The number of aliphatic hydroxyl groups is 1. The molecule has 4 rings (SSSR count). The van der Waals surface area contributed by atoms with E-state index in [0.29, 0.717) is 55.7 Å². The zero-order valence-corrected chi connectivity index (χ0v) is 26.8. The van der Waals surface area contributed by atoms with Crippen molar-refractivity contribution in [2.45, 2.75) is 32.7 Å². The first kappa shape index (κ1) is 33.7. The first-order valence-electron chi connectivity index (χ1n) is 13.7. The van der Waals surface area contributed by atoms with Crippen molar-refractivity contribution in [3.8, 4) is 17.2 Å². The number of nitrogens with one attached hydrogen (secondary N) is 3. The van der Waals surface area contributed by atoms with Crippen LogP contribution in [-0.4, -0.2) is 49.9 Å². The standard InChI is InChI=1S/C31H31Cl3N4O7/c1-4-43-25-12-19(28-27(30(40)42-3)17(2)36-31(41)37-28)7-10-24(25)44-16-26(39)38-35-14-20-11-22(33)13-23(34)29(20)45-15-18-5-8-21(32)9-6-18/h5-14,26,28,38-39H,4,15-16H2,1-3H3,(H2,36,37,41)/b35-14+/t26-,28-/m1/s1. The van der Waals surface area contributed by atoms with E-state index >= 15 is 0 Å². The van der Waals surface area contributed by atoms with Crippen LogP contribution in [0.1, 0.15) is 36.6 Å². The van der Waals surface area contributed by atoms with Crippen molar-refractivity contribution < 1.29 is 33.6 Å². The number of amides is 2.